The van der Waals surface area contributed by atoms with E-state index in [1.807, 2.05) is 0 Å². The second kappa shape index (κ2) is 10.1. The third-order valence-corrected chi connectivity index (χ3v) is 0. The standard InChI is InChI=1S/CH3BO2.2Na/c1-2(3)4;;/h1H3;;/q-2;2*+1. The molecule has 0 unspecified atom stereocenters. The van der Waals surface area contributed by atoms with E-state index in [2.05, 4.69) is 0 Å². The van der Waals surface area contributed by atoms with Crippen molar-refractivity contribution in [2.45, 2.75) is 6.82 Å². The Kier molecular flexibility index (Phi) is 26.3. The normalized spacial score (nSPS) is 4.50. The van der Waals surface area contributed by atoms with Crippen LogP contribution in [0, 0.1) is 0 Å². The number of hydrogen-bond donors (Lipinski definition) is 0. The minimum atomic E-state index is -1.67. The molecule has 0 rings (SSSR count). The van der Waals surface area contributed by atoms with E-state index in [0.717, 1.165) is 6.82 Å². The first kappa shape index (κ1) is 15.7. The van der Waals surface area contributed by atoms with Gasteiger partial charge in [-0.25, -0.2) is 0 Å². The SMILES string of the molecule is CB([O-])[O-].[Na+].[Na+]. The van der Waals surface area contributed by atoms with Gasteiger partial charge in [0.25, 0.3) is 0 Å². The van der Waals surface area contributed by atoms with E-state index < -0.39 is 7.12 Å². The summed E-state index contributed by atoms with van der Waals surface area (Å²) in [4.78, 5) is 0. The molecule has 0 aliphatic heterocycles. The zero-order valence-corrected chi connectivity index (χ0v) is 8.39. The van der Waals surface area contributed by atoms with Crippen molar-refractivity contribution in [2.24, 2.45) is 0 Å². The Morgan fingerprint density at radius 1 is 1.17 bits per heavy atom. The van der Waals surface area contributed by atoms with Gasteiger partial charge < -0.3 is 10.0 Å². The molecule has 0 saturated carbocycles. The maximum absolute atomic E-state index is 8.97. The van der Waals surface area contributed by atoms with Gasteiger partial charge in [0.15, 0.2) is 0 Å². The molecule has 5 heteroatoms. The second-order valence-electron chi connectivity index (χ2n) is 0.568. The molecule has 0 N–H and O–H groups in total. The second-order valence-corrected chi connectivity index (χ2v) is 0.568. The van der Waals surface area contributed by atoms with E-state index in [0.29, 0.717) is 0 Å². The number of hydrogen-bond acceptors (Lipinski definition) is 2. The minimum Gasteiger partial charge on any atom is -0.893 e. The molecule has 6 heavy (non-hydrogen) atoms. The molecule has 2 nitrogen and oxygen atoms in total. The van der Waals surface area contributed by atoms with Crippen LogP contribution in [0.15, 0.2) is 0 Å². The summed E-state index contributed by atoms with van der Waals surface area (Å²) in [5.74, 6) is 0. The topological polar surface area (TPSA) is 46.1 Å². The Bertz CT molecular complexity index is 16.3. The van der Waals surface area contributed by atoms with Crippen molar-refractivity contribution in [1.29, 1.82) is 0 Å². The van der Waals surface area contributed by atoms with Crippen molar-refractivity contribution in [1.82, 2.24) is 0 Å². The van der Waals surface area contributed by atoms with Crippen molar-refractivity contribution >= 4 is 7.12 Å². The molecular weight excluding hydrogens is 101 g/mol. The van der Waals surface area contributed by atoms with Crippen molar-refractivity contribution in [3.63, 3.8) is 0 Å². The molecular formula is CH3BNa2O2. The molecule has 0 amide bonds. The predicted octanol–water partition coefficient (Wildman–Crippen LogP) is -8.17. The largest absolute Gasteiger partial charge is 1.00 e. The van der Waals surface area contributed by atoms with Crippen LogP contribution in [-0.2, 0) is 0 Å². The predicted molar refractivity (Wildman–Crippen MR) is 11.6 cm³/mol. The average molecular weight is 104 g/mol. The average Bonchev–Trinajstić information content (AvgIpc) is 0.811. The molecule has 0 aromatic heterocycles. The fraction of sp³-hybridized carbons (Fsp3) is 1.00. The molecule has 0 fully saturated rings. The molecule has 0 radical (unpaired) electrons. The van der Waals surface area contributed by atoms with Crippen LogP contribution in [0.2, 0.25) is 6.82 Å². The fourth-order valence-electron chi connectivity index (χ4n) is 0. The van der Waals surface area contributed by atoms with Gasteiger partial charge in [0.2, 0.25) is 0 Å². The zero-order valence-electron chi connectivity index (χ0n) is 4.39. The Labute approximate surface area is 82.0 Å². The molecule has 24 valence electrons. The summed E-state index contributed by atoms with van der Waals surface area (Å²) < 4.78 is 0. The van der Waals surface area contributed by atoms with Crippen LogP contribution in [0.5, 0.6) is 0 Å². The summed E-state index contributed by atoms with van der Waals surface area (Å²) >= 11 is 0. The Hall–Kier alpha value is 1.98. The Balaban J connectivity index is -0.0000000450. The van der Waals surface area contributed by atoms with E-state index in [9.17, 15) is 0 Å². The van der Waals surface area contributed by atoms with Gasteiger partial charge in [-0.2, -0.15) is 0 Å². The first-order valence-electron chi connectivity index (χ1n) is 1.05. The minimum absolute atomic E-state index is 0. The van der Waals surface area contributed by atoms with Crippen LogP contribution in [-0.4, -0.2) is 7.12 Å². The van der Waals surface area contributed by atoms with Crippen molar-refractivity contribution < 1.29 is 69.2 Å². The molecule has 0 aliphatic rings. The van der Waals surface area contributed by atoms with Gasteiger partial charge in [0, 0.05) is 0 Å². The third-order valence-electron chi connectivity index (χ3n) is 0. The van der Waals surface area contributed by atoms with E-state index >= 15 is 0 Å². The van der Waals surface area contributed by atoms with Crippen molar-refractivity contribution in [2.75, 3.05) is 0 Å². The summed E-state index contributed by atoms with van der Waals surface area (Å²) in [6.45, 7) is 1.06. The summed E-state index contributed by atoms with van der Waals surface area (Å²) in [6.07, 6.45) is 0. The molecule has 0 spiro atoms. The van der Waals surface area contributed by atoms with Gasteiger partial charge in [0.05, 0.1) is 0 Å². The van der Waals surface area contributed by atoms with Gasteiger partial charge >= 0.3 is 59.1 Å². The molecule has 0 bridgehead atoms. The van der Waals surface area contributed by atoms with Crippen molar-refractivity contribution in [3.05, 3.63) is 0 Å². The van der Waals surface area contributed by atoms with Crippen molar-refractivity contribution in [3.8, 4) is 0 Å². The summed E-state index contributed by atoms with van der Waals surface area (Å²) in [7, 11) is -1.67. The molecule has 0 aliphatic carbocycles. The number of rotatable bonds is 0. The molecule has 0 saturated heterocycles. The Morgan fingerprint density at radius 3 is 1.17 bits per heavy atom. The maximum Gasteiger partial charge on any atom is 1.00 e. The first-order valence-corrected chi connectivity index (χ1v) is 1.05. The Morgan fingerprint density at radius 2 is 1.17 bits per heavy atom. The monoisotopic (exact) mass is 104 g/mol. The van der Waals surface area contributed by atoms with Gasteiger partial charge in [-0.15, -0.1) is 13.9 Å². The smallest absolute Gasteiger partial charge is 0.893 e. The maximum atomic E-state index is 8.97. The van der Waals surface area contributed by atoms with Gasteiger partial charge in [0.1, 0.15) is 0 Å². The zero-order chi connectivity index (χ0) is 3.58. The van der Waals surface area contributed by atoms with Crippen LogP contribution in [0.1, 0.15) is 0 Å². The van der Waals surface area contributed by atoms with Crippen LogP contribution in [0.3, 0.4) is 0 Å². The fourth-order valence-corrected chi connectivity index (χ4v) is 0. The third kappa shape index (κ3) is 37.7. The first-order chi connectivity index (χ1) is 1.73. The molecule has 0 aromatic rings. The molecule has 0 atom stereocenters. The van der Waals surface area contributed by atoms with E-state index in [4.69, 9.17) is 10.0 Å². The van der Waals surface area contributed by atoms with E-state index in [1.165, 1.54) is 0 Å². The van der Waals surface area contributed by atoms with E-state index in [-0.39, 0.29) is 59.1 Å². The van der Waals surface area contributed by atoms with Crippen LogP contribution < -0.4 is 69.2 Å². The van der Waals surface area contributed by atoms with Crippen LogP contribution in [0.25, 0.3) is 0 Å². The summed E-state index contributed by atoms with van der Waals surface area (Å²) in [5.41, 5.74) is 0. The molecule has 0 heterocycles. The van der Waals surface area contributed by atoms with Gasteiger partial charge in [-0.3, -0.25) is 0 Å². The quantitative estimate of drug-likeness (QED) is 0.286. The molecule has 0 aromatic carbocycles. The van der Waals surface area contributed by atoms with Crippen LogP contribution >= 0.6 is 0 Å². The summed E-state index contributed by atoms with van der Waals surface area (Å²) in [6, 6.07) is 0. The van der Waals surface area contributed by atoms with Crippen LogP contribution in [0.4, 0.5) is 0 Å². The van der Waals surface area contributed by atoms with E-state index in [1.54, 1.807) is 0 Å². The summed E-state index contributed by atoms with van der Waals surface area (Å²) in [5, 5.41) is 17.9. The van der Waals surface area contributed by atoms with Gasteiger partial charge in [-0.05, 0) is 0 Å². The van der Waals surface area contributed by atoms with Gasteiger partial charge in [-0.1, -0.05) is 0 Å².